The summed E-state index contributed by atoms with van der Waals surface area (Å²) in [5, 5.41) is 4.61. The molecule has 0 atom stereocenters. The lowest BCUT2D eigenvalue weighted by Gasteiger charge is -2.07. The van der Waals surface area contributed by atoms with Gasteiger partial charge in [-0.25, -0.2) is 4.98 Å². The van der Waals surface area contributed by atoms with Crippen molar-refractivity contribution in [3.63, 3.8) is 0 Å². The van der Waals surface area contributed by atoms with Gasteiger partial charge in [-0.15, -0.1) is 0 Å². The summed E-state index contributed by atoms with van der Waals surface area (Å²) in [7, 11) is 0. The van der Waals surface area contributed by atoms with E-state index in [0.29, 0.717) is 16.6 Å². The first-order chi connectivity index (χ1) is 10.1. The van der Waals surface area contributed by atoms with Gasteiger partial charge in [-0.2, -0.15) is 0 Å². The van der Waals surface area contributed by atoms with Crippen molar-refractivity contribution in [2.45, 2.75) is 19.9 Å². The minimum Gasteiger partial charge on any atom is -0.441 e. The van der Waals surface area contributed by atoms with Gasteiger partial charge >= 0.3 is 0 Å². The van der Waals surface area contributed by atoms with Gasteiger partial charge in [0.15, 0.2) is 11.5 Å². The second-order valence-electron chi connectivity index (χ2n) is 4.77. The molecule has 2 aromatic carbocycles. The Hall–Kier alpha value is -1.71. The van der Waals surface area contributed by atoms with Crippen LogP contribution in [0.1, 0.15) is 18.4 Å². The lowest BCUT2D eigenvalue weighted by atomic mass is 10.2. The SMILES string of the molecule is CCc1nc2cc(NCc3cc(Cl)cc(Cl)c3)ccc2o1. The number of oxazole rings is 1. The molecule has 0 unspecified atom stereocenters. The largest absolute Gasteiger partial charge is 0.441 e. The van der Waals surface area contributed by atoms with Crippen molar-refractivity contribution >= 4 is 40.0 Å². The number of aryl methyl sites for hydroxylation is 1. The van der Waals surface area contributed by atoms with Crippen molar-refractivity contribution in [1.29, 1.82) is 0 Å². The summed E-state index contributed by atoms with van der Waals surface area (Å²) in [4.78, 5) is 4.43. The van der Waals surface area contributed by atoms with Crippen LogP contribution in [0.5, 0.6) is 0 Å². The Morgan fingerprint density at radius 1 is 1.10 bits per heavy atom. The summed E-state index contributed by atoms with van der Waals surface area (Å²) in [6, 6.07) is 11.4. The van der Waals surface area contributed by atoms with E-state index in [2.05, 4.69) is 10.3 Å². The number of aromatic nitrogens is 1. The van der Waals surface area contributed by atoms with Crippen molar-refractivity contribution in [2.24, 2.45) is 0 Å². The minimum atomic E-state index is 0.638. The summed E-state index contributed by atoms with van der Waals surface area (Å²) < 4.78 is 5.59. The molecular formula is C16H14Cl2N2O. The van der Waals surface area contributed by atoms with Crippen LogP contribution in [0.25, 0.3) is 11.1 Å². The van der Waals surface area contributed by atoms with Crippen LogP contribution < -0.4 is 5.32 Å². The van der Waals surface area contributed by atoms with E-state index >= 15 is 0 Å². The number of anilines is 1. The van der Waals surface area contributed by atoms with Crippen LogP contribution in [-0.4, -0.2) is 4.98 Å². The van der Waals surface area contributed by atoms with Crippen LogP contribution in [0, 0.1) is 0 Å². The number of hydrogen-bond donors (Lipinski definition) is 1. The first-order valence-corrected chi connectivity index (χ1v) is 7.48. The van der Waals surface area contributed by atoms with Crippen molar-refractivity contribution < 1.29 is 4.42 Å². The van der Waals surface area contributed by atoms with Gasteiger partial charge in [0.25, 0.3) is 0 Å². The average molecular weight is 321 g/mol. The maximum Gasteiger partial charge on any atom is 0.195 e. The predicted octanol–water partition coefficient (Wildman–Crippen LogP) is 5.31. The molecule has 0 saturated carbocycles. The smallest absolute Gasteiger partial charge is 0.195 e. The summed E-state index contributed by atoms with van der Waals surface area (Å²) in [6.07, 6.45) is 0.790. The molecule has 3 rings (SSSR count). The van der Waals surface area contributed by atoms with Gasteiger partial charge in [0.05, 0.1) is 0 Å². The van der Waals surface area contributed by atoms with Crippen molar-refractivity contribution in [3.8, 4) is 0 Å². The quantitative estimate of drug-likeness (QED) is 0.708. The molecule has 0 saturated heterocycles. The number of benzene rings is 2. The second kappa shape index (κ2) is 5.96. The maximum atomic E-state index is 5.99. The zero-order valence-corrected chi connectivity index (χ0v) is 13.0. The first-order valence-electron chi connectivity index (χ1n) is 6.72. The Morgan fingerprint density at radius 3 is 2.57 bits per heavy atom. The number of nitrogens with zero attached hydrogens (tertiary/aromatic N) is 1. The monoisotopic (exact) mass is 320 g/mol. The Balaban J connectivity index is 1.78. The van der Waals surface area contributed by atoms with E-state index < -0.39 is 0 Å². The second-order valence-corrected chi connectivity index (χ2v) is 5.65. The number of nitrogens with one attached hydrogen (secondary N) is 1. The lowest BCUT2D eigenvalue weighted by molar-refractivity contribution is 0.538. The molecular weight excluding hydrogens is 307 g/mol. The minimum absolute atomic E-state index is 0.638. The van der Waals surface area contributed by atoms with Crippen molar-refractivity contribution in [2.75, 3.05) is 5.32 Å². The van der Waals surface area contributed by atoms with E-state index in [1.54, 1.807) is 6.07 Å². The Kier molecular flexibility index (Phi) is 4.04. The van der Waals surface area contributed by atoms with Crippen LogP contribution >= 0.6 is 23.2 Å². The standard InChI is InChI=1S/C16H14Cl2N2O/c1-2-16-20-14-8-13(3-4-15(14)21-16)19-9-10-5-11(17)7-12(18)6-10/h3-8,19H,2,9H2,1H3. The molecule has 108 valence electrons. The van der Waals surface area contributed by atoms with E-state index in [1.165, 1.54) is 0 Å². The van der Waals surface area contributed by atoms with E-state index in [0.717, 1.165) is 34.7 Å². The third-order valence-corrected chi connectivity index (χ3v) is 3.59. The Labute approximate surface area is 132 Å². The fourth-order valence-corrected chi connectivity index (χ4v) is 2.72. The Bertz CT molecular complexity index is 763. The maximum absolute atomic E-state index is 5.99. The molecule has 0 aliphatic rings. The van der Waals surface area contributed by atoms with E-state index in [4.69, 9.17) is 27.6 Å². The first kappa shape index (κ1) is 14.2. The molecule has 0 spiro atoms. The van der Waals surface area contributed by atoms with Crippen LogP contribution in [0.15, 0.2) is 40.8 Å². The molecule has 0 radical (unpaired) electrons. The van der Waals surface area contributed by atoms with Crippen molar-refractivity contribution in [1.82, 2.24) is 4.98 Å². The van der Waals surface area contributed by atoms with Gasteiger partial charge in [-0.3, -0.25) is 0 Å². The molecule has 0 aliphatic carbocycles. The predicted molar refractivity (Wildman–Crippen MR) is 87.2 cm³/mol. The highest BCUT2D eigenvalue weighted by atomic mass is 35.5. The van der Waals surface area contributed by atoms with Gasteiger partial charge in [0.2, 0.25) is 0 Å². The van der Waals surface area contributed by atoms with Gasteiger partial charge in [-0.1, -0.05) is 30.1 Å². The number of halogens is 2. The molecule has 1 aromatic heterocycles. The molecule has 0 fully saturated rings. The zero-order chi connectivity index (χ0) is 14.8. The average Bonchev–Trinajstić information content (AvgIpc) is 2.86. The lowest BCUT2D eigenvalue weighted by Crippen LogP contribution is -1.99. The molecule has 1 heterocycles. The molecule has 1 N–H and O–H groups in total. The highest BCUT2D eigenvalue weighted by molar-refractivity contribution is 6.34. The summed E-state index contributed by atoms with van der Waals surface area (Å²) in [6.45, 7) is 2.66. The third kappa shape index (κ3) is 3.31. The molecule has 3 nitrogen and oxygen atoms in total. The summed E-state index contributed by atoms with van der Waals surface area (Å²) in [5.74, 6) is 0.753. The zero-order valence-electron chi connectivity index (χ0n) is 11.5. The van der Waals surface area contributed by atoms with E-state index in [9.17, 15) is 0 Å². The van der Waals surface area contributed by atoms with Gasteiger partial charge in [-0.05, 0) is 42.0 Å². The summed E-state index contributed by atoms with van der Waals surface area (Å²) >= 11 is 12.0. The molecule has 3 aromatic rings. The normalized spacial score (nSPS) is 11.0. The molecule has 0 bridgehead atoms. The van der Waals surface area contributed by atoms with E-state index in [-0.39, 0.29) is 0 Å². The van der Waals surface area contributed by atoms with E-state index in [1.807, 2.05) is 37.3 Å². The summed E-state index contributed by atoms with van der Waals surface area (Å²) in [5.41, 5.74) is 3.68. The number of hydrogen-bond acceptors (Lipinski definition) is 3. The number of rotatable bonds is 4. The molecule has 5 heteroatoms. The van der Waals surface area contributed by atoms with Gasteiger partial charge < -0.3 is 9.73 Å². The highest BCUT2D eigenvalue weighted by Crippen LogP contribution is 2.22. The van der Waals surface area contributed by atoms with Crippen LogP contribution in [-0.2, 0) is 13.0 Å². The van der Waals surface area contributed by atoms with Crippen LogP contribution in [0.4, 0.5) is 5.69 Å². The molecule has 21 heavy (non-hydrogen) atoms. The fourth-order valence-electron chi connectivity index (χ4n) is 2.15. The molecule has 0 aliphatic heterocycles. The fraction of sp³-hybridized carbons (Fsp3) is 0.188. The molecule has 0 amide bonds. The Morgan fingerprint density at radius 2 is 1.86 bits per heavy atom. The topological polar surface area (TPSA) is 38.1 Å². The van der Waals surface area contributed by atoms with Crippen LogP contribution in [0.3, 0.4) is 0 Å². The number of fused-ring (bicyclic) bond motifs is 1. The van der Waals surface area contributed by atoms with Crippen LogP contribution in [0.2, 0.25) is 10.0 Å². The van der Waals surface area contributed by atoms with Crippen molar-refractivity contribution in [3.05, 3.63) is 57.9 Å². The van der Waals surface area contributed by atoms with Gasteiger partial charge in [0, 0.05) is 28.7 Å². The van der Waals surface area contributed by atoms with Gasteiger partial charge in [0.1, 0.15) is 5.52 Å². The highest BCUT2D eigenvalue weighted by Gasteiger charge is 2.05. The third-order valence-electron chi connectivity index (χ3n) is 3.15.